The largest absolute Gasteiger partial charge is 0.496 e. The van der Waals surface area contributed by atoms with Gasteiger partial charge in [-0.2, -0.15) is 0 Å². The maximum atomic E-state index is 10.9. The summed E-state index contributed by atoms with van der Waals surface area (Å²) in [4.78, 5) is 0. The summed E-state index contributed by atoms with van der Waals surface area (Å²) in [7, 11) is 5.12. The van der Waals surface area contributed by atoms with Crippen molar-refractivity contribution < 1.29 is 24.1 Å². The molecule has 1 fully saturated rings. The first kappa shape index (κ1) is 31.7. The third kappa shape index (κ3) is 6.89. The second-order valence-electron chi connectivity index (χ2n) is 13.0. The van der Waals surface area contributed by atoms with Crippen LogP contribution in [-0.4, -0.2) is 38.6 Å². The van der Waals surface area contributed by atoms with Crippen LogP contribution in [0.1, 0.15) is 83.1 Å². The predicted molar refractivity (Wildman–Crippen MR) is 173 cm³/mol. The molecular formula is C37H50O5. The lowest BCUT2D eigenvalue weighted by molar-refractivity contribution is -0.114. The maximum absolute atomic E-state index is 10.9. The number of methoxy groups -OCH3 is 3. The molecule has 1 saturated carbocycles. The van der Waals surface area contributed by atoms with Crippen LogP contribution in [0.4, 0.5) is 0 Å². The molecule has 2 aliphatic rings. The summed E-state index contributed by atoms with van der Waals surface area (Å²) in [5.41, 5.74) is 6.70. The Kier molecular flexibility index (Phi) is 10.1. The second-order valence-corrected chi connectivity index (χ2v) is 13.0. The Morgan fingerprint density at radius 3 is 2.12 bits per heavy atom. The normalized spacial score (nSPS) is 23.0. The van der Waals surface area contributed by atoms with Crippen LogP contribution in [0, 0.1) is 17.3 Å². The number of benzene rings is 2. The summed E-state index contributed by atoms with van der Waals surface area (Å²) in [5.74, 6) is 3.74. The lowest BCUT2D eigenvalue weighted by Gasteiger charge is -2.52. The molecule has 0 saturated heterocycles. The van der Waals surface area contributed by atoms with Gasteiger partial charge in [0.1, 0.15) is 17.6 Å². The number of allylic oxidation sites excluding steroid dienone is 4. The Balaban J connectivity index is 1.59. The standard InChI is InChI=1S/C37H50O5/c1-23(2)11-10-12-24(3)13-16-29-31(39-7)19-27(20-32(29)40-8)15-14-26-18-28-22-30-35(42-36(28)33(21-26)41-9)25(4)17-34(38)37(30,5)6/h11,13-15,18-21,25,30,34-35,38H,10,12,16-17,22H2,1-9H3/b15-14+,24-13+/t25-,30-,34+,35?/m0/s1. The lowest BCUT2D eigenvalue weighted by Crippen LogP contribution is -2.55. The van der Waals surface area contributed by atoms with Crippen LogP contribution in [0.25, 0.3) is 12.2 Å². The van der Waals surface area contributed by atoms with Crippen LogP contribution < -0.4 is 18.9 Å². The van der Waals surface area contributed by atoms with Gasteiger partial charge in [0.05, 0.1) is 27.4 Å². The number of aliphatic hydroxyl groups excluding tert-OH is 1. The number of aliphatic hydroxyl groups is 1. The van der Waals surface area contributed by atoms with Gasteiger partial charge in [-0.05, 0) is 105 Å². The van der Waals surface area contributed by atoms with E-state index in [1.165, 1.54) is 11.1 Å². The number of hydrogen-bond donors (Lipinski definition) is 1. The highest BCUT2D eigenvalue weighted by atomic mass is 16.5. The summed E-state index contributed by atoms with van der Waals surface area (Å²) in [6.45, 7) is 13.0. The zero-order chi connectivity index (χ0) is 30.6. The zero-order valence-electron chi connectivity index (χ0n) is 27.0. The van der Waals surface area contributed by atoms with E-state index >= 15 is 0 Å². The van der Waals surface area contributed by atoms with Gasteiger partial charge in [0, 0.05) is 11.5 Å². The maximum Gasteiger partial charge on any atom is 0.164 e. The minimum atomic E-state index is -0.335. The fourth-order valence-corrected chi connectivity index (χ4v) is 6.49. The van der Waals surface area contributed by atoms with E-state index < -0.39 is 0 Å². The lowest BCUT2D eigenvalue weighted by atomic mass is 9.60. The van der Waals surface area contributed by atoms with E-state index in [0.29, 0.717) is 0 Å². The molecule has 4 atom stereocenters. The summed E-state index contributed by atoms with van der Waals surface area (Å²) in [6.07, 6.45) is 12.9. The molecule has 0 amide bonds. The first-order valence-corrected chi connectivity index (χ1v) is 15.3. The first-order valence-electron chi connectivity index (χ1n) is 15.3. The molecule has 0 spiro atoms. The van der Waals surface area contributed by atoms with Crippen molar-refractivity contribution in [1.29, 1.82) is 0 Å². The Labute approximate surface area is 253 Å². The van der Waals surface area contributed by atoms with E-state index in [1.807, 2.05) is 6.07 Å². The van der Waals surface area contributed by atoms with Gasteiger partial charge in [-0.15, -0.1) is 0 Å². The van der Waals surface area contributed by atoms with Crippen LogP contribution >= 0.6 is 0 Å². The molecule has 0 bridgehead atoms. The first-order chi connectivity index (χ1) is 20.0. The predicted octanol–water partition coefficient (Wildman–Crippen LogP) is 8.46. The summed E-state index contributed by atoms with van der Waals surface area (Å²) in [5, 5.41) is 10.9. The molecule has 1 aliphatic heterocycles. The van der Waals surface area contributed by atoms with Crippen LogP contribution in [0.2, 0.25) is 0 Å². The van der Waals surface area contributed by atoms with Crippen molar-refractivity contribution in [1.82, 2.24) is 0 Å². The minimum Gasteiger partial charge on any atom is -0.496 e. The van der Waals surface area contributed by atoms with Gasteiger partial charge in [0.15, 0.2) is 11.5 Å². The third-order valence-corrected chi connectivity index (χ3v) is 9.28. The Morgan fingerprint density at radius 2 is 1.52 bits per heavy atom. The summed E-state index contributed by atoms with van der Waals surface area (Å²) in [6, 6.07) is 8.36. The minimum absolute atomic E-state index is 0.0700. The quantitative estimate of drug-likeness (QED) is 0.228. The van der Waals surface area contributed by atoms with Crippen molar-refractivity contribution >= 4 is 12.2 Å². The molecule has 42 heavy (non-hydrogen) atoms. The molecule has 1 unspecified atom stereocenters. The van der Waals surface area contributed by atoms with E-state index in [1.54, 1.807) is 21.3 Å². The molecule has 2 aromatic rings. The molecule has 2 aromatic carbocycles. The fourth-order valence-electron chi connectivity index (χ4n) is 6.49. The number of fused-ring (bicyclic) bond motifs is 2. The van der Waals surface area contributed by atoms with Crippen molar-refractivity contribution in [2.75, 3.05) is 21.3 Å². The smallest absolute Gasteiger partial charge is 0.164 e. The molecule has 0 radical (unpaired) electrons. The van der Waals surface area contributed by atoms with Gasteiger partial charge in [-0.1, -0.05) is 56.2 Å². The van der Waals surface area contributed by atoms with E-state index in [9.17, 15) is 5.11 Å². The van der Waals surface area contributed by atoms with Crippen molar-refractivity contribution in [3.05, 3.63) is 69.8 Å². The SMILES string of the molecule is COc1cc(/C=C/c2cc3c(c(OC)c2)OC2[C@@H](C)C[C@@H](O)C(C)(C)[C@H]2C3)cc(OC)c1C/C=C(\C)CCC=C(C)C. The number of rotatable bonds is 10. The molecular weight excluding hydrogens is 524 g/mol. The van der Waals surface area contributed by atoms with Crippen LogP contribution in [0.3, 0.4) is 0 Å². The van der Waals surface area contributed by atoms with Crippen LogP contribution in [-0.2, 0) is 12.8 Å². The van der Waals surface area contributed by atoms with Crippen molar-refractivity contribution in [3.63, 3.8) is 0 Å². The molecule has 5 heteroatoms. The van der Waals surface area contributed by atoms with E-state index in [0.717, 1.165) is 77.4 Å². The Hall–Kier alpha value is -3.18. The van der Waals surface area contributed by atoms with Gasteiger partial charge in [-0.25, -0.2) is 0 Å². The molecule has 1 heterocycles. The van der Waals surface area contributed by atoms with E-state index in [-0.39, 0.29) is 29.5 Å². The van der Waals surface area contributed by atoms with Crippen molar-refractivity contribution in [3.8, 4) is 23.0 Å². The van der Waals surface area contributed by atoms with Gasteiger partial charge in [0.2, 0.25) is 0 Å². The number of ether oxygens (including phenoxy) is 4. The Morgan fingerprint density at radius 1 is 0.929 bits per heavy atom. The van der Waals surface area contributed by atoms with E-state index in [2.05, 4.69) is 84.0 Å². The molecule has 0 aromatic heterocycles. The van der Waals surface area contributed by atoms with Gasteiger partial charge >= 0.3 is 0 Å². The van der Waals surface area contributed by atoms with Gasteiger partial charge < -0.3 is 24.1 Å². The van der Waals surface area contributed by atoms with E-state index in [4.69, 9.17) is 18.9 Å². The van der Waals surface area contributed by atoms with Crippen molar-refractivity contribution in [2.45, 2.75) is 85.9 Å². The molecule has 1 aliphatic carbocycles. The second kappa shape index (κ2) is 13.4. The van der Waals surface area contributed by atoms with Crippen LogP contribution in [0.5, 0.6) is 23.0 Å². The highest BCUT2D eigenvalue weighted by Crippen LogP contribution is 2.51. The van der Waals surface area contributed by atoms with Crippen LogP contribution in [0.15, 0.2) is 47.6 Å². The number of hydrogen-bond acceptors (Lipinski definition) is 5. The zero-order valence-corrected chi connectivity index (χ0v) is 27.0. The highest BCUT2D eigenvalue weighted by Gasteiger charge is 2.51. The topological polar surface area (TPSA) is 57.2 Å². The van der Waals surface area contributed by atoms with Crippen molar-refractivity contribution in [2.24, 2.45) is 17.3 Å². The molecule has 5 nitrogen and oxygen atoms in total. The summed E-state index contributed by atoms with van der Waals surface area (Å²) < 4.78 is 24.1. The molecule has 4 rings (SSSR count). The monoisotopic (exact) mass is 574 g/mol. The highest BCUT2D eigenvalue weighted by molar-refractivity contribution is 5.74. The average Bonchev–Trinajstić information content (AvgIpc) is 2.96. The third-order valence-electron chi connectivity index (χ3n) is 9.28. The summed E-state index contributed by atoms with van der Waals surface area (Å²) >= 11 is 0. The van der Waals surface area contributed by atoms with Gasteiger partial charge in [-0.3, -0.25) is 0 Å². The molecule has 1 N–H and O–H groups in total. The Bertz CT molecular complexity index is 1320. The van der Waals surface area contributed by atoms with Gasteiger partial charge in [0.25, 0.3) is 0 Å². The molecule has 228 valence electrons. The average molecular weight is 575 g/mol. The fraction of sp³-hybridized carbons (Fsp3) is 0.514.